The molecule has 2 aromatic rings. The number of hydrogen-bond donors (Lipinski definition) is 1. The summed E-state index contributed by atoms with van der Waals surface area (Å²) < 4.78 is 5.43. The minimum absolute atomic E-state index is 0.147. The first-order chi connectivity index (χ1) is 7.63. The van der Waals surface area contributed by atoms with Crippen molar-refractivity contribution in [3.8, 4) is 0 Å². The molecule has 0 unspecified atom stereocenters. The number of hydrogen-bond acceptors (Lipinski definition) is 4. The zero-order valence-electron chi connectivity index (χ0n) is 9.16. The lowest BCUT2D eigenvalue weighted by molar-refractivity contribution is 0.559. The Bertz CT molecular complexity index is 598. The van der Waals surface area contributed by atoms with Crippen LogP contribution in [0.5, 0.6) is 0 Å². The molecule has 84 valence electrons. The van der Waals surface area contributed by atoms with E-state index in [1.807, 2.05) is 13.8 Å². The first kappa shape index (κ1) is 11.0. The SMILES string of the molecule is C=CCSc1nc2oc(C)c(C)c2c(=O)[nH]1. The molecule has 16 heavy (non-hydrogen) atoms. The van der Waals surface area contributed by atoms with Gasteiger partial charge in [0.1, 0.15) is 11.1 Å². The molecule has 0 aliphatic heterocycles. The van der Waals surface area contributed by atoms with Crippen molar-refractivity contribution in [3.63, 3.8) is 0 Å². The lowest BCUT2D eigenvalue weighted by Crippen LogP contribution is -2.08. The molecule has 0 saturated carbocycles. The Morgan fingerprint density at radius 3 is 3.00 bits per heavy atom. The second-order valence-electron chi connectivity index (χ2n) is 3.43. The van der Waals surface area contributed by atoms with Crippen molar-refractivity contribution in [3.05, 3.63) is 34.3 Å². The third-order valence-electron chi connectivity index (χ3n) is 2.36. The molecule has 0 radical (unpaired) electrons. The van der Waals surface area contributed by atoms with E-state index in [-0.39, 0.29) is 5.56 Å². The quantitative estimate of drug-likeness (QED) is 0.505. The summed E-state index contributed by atoms with van der Waals surface area (Å²) in [5.41, 5.74) is 1.11. The minimum Gasteiger partial charge on any atom is -0.442 e. The molecular weight excluding hydrogens is 224 g/mol. The van der Waals surface area contributed by atoms with Crippen LogP contribution in [0.25, 0.3) is 11.1 Å². The number of H-pyrrole nitrogens is 1. The summed E-state index contributed by atoms with van der Waals surface area (Å²) in [6.45, 7) is 7.30. The number of aromatic amines is 1. The summed E-state index contributed by atoms with van der Waals surface area (Å²) in [5.74, 6) is 1.44. The second kappa shape index (κ2) is 4.17. The first-order valence-corrected chi connectivity index (χ1v) is 5.85. The van der Waals surface area contributed by atoms with E-state index in [0.717, 1.165) is 11.3 Å². The van der Waals surface area contributed by atoms with E-state index in [2.05, 4.69) is 16.5 Å². The van der Waals surface area contributed by atoms with Gasteiger partial charge in [-0.15, -0.1) is 6.58 Å². The lowest BCUT2D eigenvalue weighted by Gasteiger charge is -1.96. The molecule has 2 rings (SSSR count). The fraction of sp³-hybridized carbons (Fsp3) is 0.273. The summed E-state index contributed by atoms with van der Waals surface area (Å²) in [4.78, 5) is 18.8. The van der Waals surface area contributed by atoms with E-state index < -0.39 is 0 Å². The number of furan rings is 1. The standard InChI is InChI=1S/C11H12N2O2S/c1-4-5-16-11-12-9(14)8-6(2)7(3)15-10(8)13-11/h4H,1,5H2,2-3H3,(H,12,13,14). The third kappa shape index (κ3) is 1.78. The Kier molecular flexibility index (Phi) is 2.87. The fourth-order valence-electron chi connectivity index (χ4n) is 1.44. The Morgan fingerprint density at radius 2 is 2.31 bits per heavy atom. The fourth-order valence-corrected chi connectivity index (χ4v) is 2.03. The molecule has 0 fully saturated rings. The number of rotatable bonds is 3. The summed E-state index contributed by atoms with van der Waals surface area (Å²) in [6, 6.07) is 0. The van der Waals surface area contributed by atoms with E-state index in [1.165, 1.54) is 11.8 Å². The molecule has 2 heterocycles. The van der Waals surface area contributed by atoms with Gasteiger partial charge in [-0.1, -0.05) is 17.8 Å². The van der Waals surface area contributed by atoms with Gasteiger partial charge in [-0.3, -0.25) is 4.79 Å². The van der Waals surface area contributed by atoms with Crippen LogP contribution in [0.1, 0.15) is 11.3 Å². The third-order valence-corrected chi connectivity index (χ3v) is 3.22. The van der Waals surface area contributed by atoms with Gasteiger partial charge in [0, 0.05) is 11.3 Å². The van der Waals surface area contributed by atoms with Crippen LogP contribution < -0.4 is 5.56 Å². The predicted octanol–water partition coefficient (Wildman–Crippen LogP) is 2.41. The summed E-state index contributed by atoms with van der Waals surface area (Å²) in [6.07, 6.45) is 1.76. The average Bonchev–Trinajstić information content (AvgIpc) is 2.52. The van der Waals surface area contributed by atoms with Crippen molar-refractivity contribution >= 4 is 22.9 Å². The highest BCUT2D eigenvalue weighted by Gasteiger charge is 2.13. The molecule has 0 bridgehead atoms. The van der Waals surface area contributed by atoms with E-state index >= 15 is 0 Å². The Hall–Kier alpha value is -1.49. The van der Waals surface area contributed by atoms with Gasteiger partial charge >= 0.3 is 0 Å². The molecule has 0 spiro atoms. The number of aryl methyl sites for hydroxylation is 2. The molecule has 0 aliphatic rings. The number of thioether (sulfide) groups is 1. The maximum absolute atomic E-state index is 11.8. The topological polar surface area (TPSA) is 58.9 Å². The molecule has 0 aromatic carbocycles. The van der Waals surface area contributed by atoms with Gasteiger partial charge in [-0.05, 0) is 13.8 Å². The van der Waals surface area contributed by atoms with Crippen LogP contribution in [0.4, 0.5) is 0 Å². The van der Waals surface area contributed by atoms with Crippen LogP contribution in [0.15, 0.2) is 27.0 Å². The average molecular weight is 236 g/mol. The first-order valence-electron chi connectivity index (χ1n) is 4.87. The molecule has 0 amide bonds. The Morgan fingerprint density at radius 1 is 1.56 bits per heavy atom. The van der Waals surface area contributed by atoms with E-state index in [4.69, 9.17) is 4.42 Å². The second-order valence-corrected chi connectivity index (χ2v) is 4.44. The lowest BCUT2D eigenvalue weighted by atomic mass is 10.2. The van der Waals surface area contributed by atoms with Gasteiger partial charge in [0.05, 0.1) is 0 Å². The molecule has 4 nitrogen and oxygen atoms in total. The van der Waals surface area contributed by atoms with Gasteiger partial charge in [-0.2, -0.15) is 4.98 Å². The van der Waals surface area contributed by atoms with E-state index in [0.29, 0.717) is 22.0 Å². The molecule has 0 aliphatic carbocycles. The molecule has 1 N–H and O–H groups in total. The monoisotopic (exact) mass is 236 g/mol. The maximum atomic E-state index is 11.8. The predicted molar refractivity (Wildman–Crippen MR) is 65.0 cm³/mol. The highest BCUT2D eigenvalue weighted by atomic mass is 32.2. The van der Waals surface area contributed by atoms with Crippen LogP contribution in [-0.4, -0.2) is 15.7 Å². The van der Waals surface area contributed by atoms with Gasteiger partial charge in [0.25, 0.3) is 5.56 Å². The summed E-state index contributed by atoms with van der Waals surface area (Å²) >= 11 is 1.42. The molecular formula is C11H12N2O2S. The largest absolute Gasteiger partial charge is 0.442 e. The van der Waals surface area contributed by atoms with Gasteiger partial charge in [0.15, 0.2) is 5.16 Å². The Labute approximate surface area is 96.8 Å². The summed E-state index contributed by atoms with van der Waals surface area (Å²) in [7, 11) is 0. The van der Waals surface area contributed by atoms with Crippen molar-refractivity contribution < 1.29 is 4.42 Å². The van der Waals surface area contributed by atoms with Gasteiger partial charge in [-0.25, -0.2) is 0 Å². The van der Waals surface area contributed by atoms with Gasteiger partial charge in [0.2, 0.25) is 5.71 Å². The van der Waals surface area contributed by atoms with E-state index in [9.17, 15) is 4.79 Å². The highest BCUT2D eigenvalue weighted by molar-refractivity contribution is 7.99. The van der Waals surface area contributed by atoms with Crippen molar-refractivity contribution in [1.82, 2.24) is 9.97 Å². The minimum atomic E-state index is -0.147. The maximum Gasteiger partial charge on any atom is 0.263 e. The normalized spacial score (nSPS) is 10.9. The summed E-state index contributed by atoms with van der Waals surface area (Å²) in [5, 5.41) is 1.10. The van der Waals surface area contributed by atoms with Crippen LogP contribution in [0.2, 0.25) is 0 Å². The number of nitrogens with one attached hydrogen (secondary N) is 1. The van der Waals surface area contributed by atoms with Crippen molar-refractivity contribution in [2.45, 2.75) is 19.0 Å². The molecule has 5 heteroatoms. The smallest absolute Gasteiger partial charge is 0.263 e. The van der Waals surface area contributed by atoms with E-state index in [1.54, 1.807) is 6.08 Å². The number of fused-ring (bicyclic) bond motifs is 1. The number of aromatic nitrogens is 2. The zero-order valence-corrected chi connectivity index (χ0v) is 9.98. The zero-order chi connectivity index (χ0) is 11.7. The van der Waals surface area contributed by atoms with Crippen LogP contribution in [0, 0.1) is 13.8 Å². The van der Waals surface area contributed by atoms with Crippen LogP contribution in [-0.2, 0) is 0 Å². The van der Waals surface area contributed by atoms with Crippen molar-refractivity contribution in [1.29, 1.82) is 0 Å². The highest BCUT2D eigenvalue weighted by Crippen LogP contribution is 2.21. The van der Waals surface area contributed by atoms with Crippen LogP contribution in [0.3, 0.4) is 0 Å². The van der Waals surface area contributed by atoms with Gasteiger partial charge < -0.3 is 9.40 Å². The van der Waals surface area contributed by atoms with Crippen molar-refractivity contribution in [2.24, 2.45) is 0 Å². The molecule has 0 atom stereocenters. The molecule has 0 saturated heterocycles. The Balaban J connectivity index is 2.59. The van der Waals surface area contributed by atoms with Crippen molar-refractivity contribution in [2.75, 3.05) is 5.75 Å². The molecule has 2 aromatic heterocycles. The van der Waals surface area contributed by atoms with Crippen LogP contribution >= 0.6 is 11.8 Å². The number of nitrogens with zero attached hydrogens (tertiary/aromatic N) is 1.